The highest BCUT2D eigenvalue weighted by molar-refractivity contribution is 5.79. The minimum absolute atomic E-state index is 0.0174. The van der Waals surface area contributed by atoms with Gasteiger partial charge >= 0.3 is 0 Å². The molecular formula is C22H24N6O2. The van der Waals surface area contributed by atoms with Crippen molar-refractivity contribution >= 4 is 17.4 Å². The summed E-state index contributed by atoms with van der Waals surface area (Å²) >= 11 is 0. The highest BCUT2D eigenvalue weighted by Crippen LogP contribution is 2.29. The van der Waals surface area contributed by atoms with E-state index >= 15 is 0 Å². The minimum atomic E-state index is -0.137. The second-order valence-electron chi connectivity index (χ2n) is 7.44. The number of fused-ring (bicyclic) bond motifs is 1. The van der Waals surface area contributed by atoms with Crippen molar-refractivity contribution < 1.29 is 9.53 Å². The predicted molar refractivity (Wildman–Crippen MR) is 112 cm³/mol. The van der Waals surface area contributed by atoms with Crippen molar-refractivity contribution in [3.8, 4) is 6.07 Å². The lowest BCUT2D eigenvalue weighted by Crippen LogP contribution is -2.45. The van der Waals surface area contributed by atoms with E-state index in [4.69, 9.17) is 4.74 Å². The van der Waals surface area contributed by atoms with Gasteiger partial charge < -0.3 is 19.8 Å². The van der Waals surface area contributed by atoms with Crippen LogP contribution >= 0.6 is 0 Å². The molecule has 2 N–H and O–H groups in total. The molecule has 3 heterocycles. The molecule has 4 rings (SSSR count). The zero-order valence-electron chi connectivity index (χ0n) is 16.8. The molecule has 0 bridgehead atoms. The molecule has 0 spiro atoms. The largest absolute Gasteiger partial charge is 0.379 e. The van der Waals surface area contributed by atoms with Crippen molar-refractivity contribution in [3.05, 3.63) is 60.2 Å². The number of pyridine rings is 2. The molecule has 0 aliphatic heterocycles. The van der Waals surface area contributed by atoms with Crippen LogP contribution in [-0.4, -0.2) is 39.5 Å². The van der Waals surface area contributed by atoms with Crippen molar-refractivity contribution in [2.45, 2.75) is 38.0 Å². The zero-order chi connectivity index (χ0) is 20.9. The number of carbonyl (C=O) groups is 1. The smallest absolute Gasteiger partial charge is 0.223 e. The van der Waals surface area contributed by atoms with Gasteiger partial charge in [-0.15, -0.1) is 0 Å². The number of carbonyl (C=O) groups excluding carboxylic acids is 1. The Labute approximate surface area is 174 Å². The van der Waals surface area contributed by atoms with Gasteiger partial charge in [0.05, 0.1) is 36.1 Å². The van der Waals surface area contributed by atoms with Crippen molar-refractivity contribution in [2.75, 3.05) is 12.4 Å². The monoisotopic (exact) mass is 404 g/mol. The molecule has 3 aromatic heterocycles. The molecule has 3 aromatic rings. The fourth-order valence-corrected chi connectivity index (χ4v) is 4.04. The molecule has 154 valence electrons. The maximum atomic E-state index is 12.9. The fraction of sp³-hybridized carbons (Fsp3) is 0.364. The molecular weight excluding hydrogens is 380 g/mol. The molecule has 0 aromatic carbocycles. The average molecular weight is 404 g/mol. The van der Waals surface area contributed by atoms with Gasteiger partial charge in [-0.05, 0) is 43.5 Å². The number of hydrogen-bond donors (Lipinski definition) is 2. The van der Waals surface area contributed by atoms with E-state index < -0.39 is 0 Å². The first-order valence-electron chi connectivity index (χ1n) is 10.0. The molecule has 0 unspecified atom stereocenters. The Hall–Kier alpha value is -3.44. The maximum absolute atomic E-state index is 12.9. The molecule has 1 amide bonds. The maximum Gasteiger partial charge on any atom is 0.223 e. The molecule has 1 saturated carbocycles. The third-order valence-corrected chi connectivity index (χ3v) is 5.65. The van der Waals surface area contributed by atoms with E-state index in [0.29, 0.717) is 24.3 Å². The first-order chi connectivity index (χ1) is 14.7. The summed E-state index contributed by atoms with van der Waals surface area (Å²) in [6.45, 7) is 0.422. The fourth-order valence-electron chi connectivity index (χ4n) is 4.04. The predicted octanol–water partition coefficient (Wildman–Crippen LogP) is 2.51. The van der Waals surface area contributed by atoms with E-state index in [2.05, 4.69) is 26.7 Å². The van der Waals surface area contributed by atoms with Crippen LogP contribution in [0, 0.1) is 17.2 Å². The molecule has 8 nitrogen and oxygen atoms in total. The van der Waals surface area contributed by atoms with Crippen LogP contribution in [0.5, 0.6) is 0 Å². The number of ether oxygens (including phenoxy) is 1. The van der Waals surface area contributed by atoms with Crippen LogP contribution in [0.15, 0.2) is 48.9 Å². The number of anilines is 1. The Kier molecular flexibility index (Phi) is 5.91. The first kappa shape index (κ1) is 19.9. The summed E-state index contributed by atoms with van der Waals surface area (Å²) in [6.07, 6.45) is 7.45. The summed E-state index contributed by atoms with van der Waals surface area (Å²) in [4.78, 5) is 21.5. The van der Waals surface area contributed by atoms with Crippen LogP contribution in [-0.2, 0) is 16.1 Å². The van der Waals surface area contributed by atoms with Gasteiger partial charge in [-0.1, -0.05) is 6.07 Å². The van der Waals surface area contributed by atoms with Gasteiger partial charge in [-0.3, -0.25) is 4.79 Å². The highest BCUT2D eigenvalue weighted by atomic mass is 16.5. The van der Waals surface area contributed by atoms with Crippen molar-refractivity contribution in [3.63, 3.8) is 0 Å². The molecule has 1 fully saturated rings. The summed E-state index contributed by atoms with van der Waals surface area (Å²) in [5.74, 6) is 0.407. The van der Waals surface area contributed by atoms with Gasteiger partial charge in [-0.25, -0.2) is 9.97 Å². The number of methoxy groups -OCH3 is 1. The van der Waals surface area contributed by atoms with E-state index in [1.807, 2.05) is 28.8 Å². The third kappa shape index (κ3) is 4.11. The van der Waals surface area contributed by atoms with Gasteiger partial charge in [0.2, 0.25) is 5.91 Å². The van der Waals surface area contributed by atoms with E-state index in [-0.39, 0.29) is 24.0 Å². The number of nitrogens with one attached hydrogen (secondary N) is 2. The van der Waals surface area contributed by atoms with E-state index in [9.17, 15) is 10.1 Å². The molecule has 0 saturated heterocycles. The lowest BCUT2D eigenvalue weighted by Gasteiger charge is -2.35. The number of aromatic nitrogens is 3. The lowest BCUT2D eigenvalue weighted by molar-refractivity contribution is -0.127. The zero-order valence-corrected chi connectivity index (χ0v) is 16.8. The minimum Gasteiger partial charge on any atom is -0.379 e. The number of nitrogens with zero attached hydrogens (tertiary/aromatic N) is 4. The van der Waals surface area contributed by atoms with Gasteiger partial charge in [0.25, 0.3) is 0 Å². The first-order valence-corrected chi connectivity index (χ1v) is 10.0. The third-order valence-electron chi connectivity index (χ3n) is 5.65. The lowest BCUT2D eigenvalue weighted by atomic mass is 9.83. The van der Waals surface area contributed by atoms with Crippen LogP contribution in [0.4, 0.5) is 5.82 Å². The van der Waals surface area contributed by atoms with Crippen molar-refractivity contribution in [1.29, 1.82) is 5.26 Å². The van der Waals surface area contributed by atoms with Crippen LogP contribution in [0.2, 0.25) is 0 Å². The van der Waals surface area contributed by atoms with Crippen LogP contribution in [0.1, 0.15) is 30.5 Å². The van der Waals surface area contributed by atoms with Crippen LogP contribution < -0.4 is 10.6 Å². The van der Waals surface area contributed by atoms with E-state index in [0.717, 1.165) is 24.2 Å². The highest BCUT2D eigenvalue weighted by Gasteiger charge is 2.34. The second kappa shape index (κ2) is 8.93. The molecule has 30 heavy (non-hydrogen) atoms. The molecule has 1 aliphatic rings. The average Bonchev–Trinajstić information content (AvgIpc) is 3.21. The van der Waals surface area contributed by atoms with Crippen molar-refractivity contribution in [2.24, 2.45) is 5.92 Å². The van der Waals surface area contributed by atoms with E-state index in [1.165, 1.54) is 0 Å². The Morgan fingerprint density at radius 3 is 3.03 bits per heavy atom. The Morgan fingerprint density at radius 2 is 2.20 bits per heavy atom. The van der Waals surface area contributed by atoms with Crippen molar-refractivity contribution in [1.82, 2.24) is 19.7 Å². The van der Waals surface area contributed by atoms with E-state index in [1.54, 1.807) is 31.6 Å². The molecule has 8 heteroatoms. The molecule has 3 atom stereocenters. The molecule has 1 aliphatic carbocycles. The number of hydrogen-bond acceptors (Lipinski definition) is 6. The van der Waals surface area contributed by atoms with Crippen LogP contribution in [0.25, 0.3) is 5.65 Å². The Morgan fingerprint density at radius 1 is 1.30 bits per heavy atom. The van der Waals surface area contributed by atoms with Gasteiger partial charge in [0.1, 0.15) is 17.5 Å². The summed E-state index contributed by atoms with van der Waals surface area (Å²) < 4.78 is 7.60. The quantitative estimate of drug-likeness (QED) is 0.654. The number of amides is 1. The summed E-state index contributed by atoms with van der Waals surface area (Å²) in [5, 5.41) is 15.7. The number of rotatable bonds is 6. The van der Waals surface area contributed by atoms with Gasteiger partial charge in [-0.2, -0.15) is 5.26 Å². The number of nitriles is 1. The molecule has 0 radical (unpaired) electrons. The Balaban J connectivity index is 1.41. The Bertz CT molecular complexity index is 1070. The second-order valence-corrected chi connectivity index (χ2v) is 7.44. The summed E-state index contributed by atoms with van der Waals surface area (Å²) in [5.41, 5.74) is 2.27. The normalized spacial score (nSPS) is 21.1. The topological polar surface area (TPSA) is 104 Å². The standard InChI is InChI=1S/C22H24N6O2/c1-30-19-8-7-15(11-18(19)27-21-16(12-23)5-4-9-24-21)22(29)26-14-17-13-25-20-6-2-3-10-28(17)20/h2-6,9-10,13,15,18-19H,7-8,11,14H2,1H3,(H,24,27)(H,26,29)/t15-,18+,19+/m0/s1. The van der Waals surface area contributed by atoms with Crippen LogP contribution in [0.3, 0.4) is 0 Å². The SMILES string of the molecule is CO[C@@H]1CC[C@H](C(=O)NCc2cnc3ccccn23)C[C@H]1Nc1ncccc1C#N. The summed E-state index contributed by atoms with van der Waals surface area (Å²) in [7, 11) is 1.67. The summed E-state index contributed by atoms with van der Waals surface area (Å²) in [6, 6.07) is 11.3. The number of imidazole rings is 1. The van der Waals surface area contributed by atoms with Gasteiger partial charge in [0.15, 0.2) is 0 Å². The van der Waals surface area contributed by atoms with Gasteiger partial charge in [0, 0.05) is 25.4 Å².